The number of aldehydes is 2. The third kappa shape index (κ3) is 10.8. The van der Waals surface area contributed by atoms with E-state index in [9.17, 15) is 24.8 Å². The number of amides is 1. The summed E-state index contributed by atoms with van der Waals surface area (Å²) in [5.41, 5.74) is 2.22. The SMILES string of the molecule is C#Cc1c(F)ccc2cc(O)cc(-c3nc(OC)c4c(N5CC6CCC(C5)N6CC#N)nc(OCC5(CN6CCN(CC7CCN(c8ccc9c(c8)CN(C(C=O)CCC=O)C9=O)CC7)CC6)CC5)nc4c3F)c12.CNC. The van der Waals surface area contributed by atoms with E-state index in [2.05, 4.69) is 52.9 Å². The third-order valence-electron chi connectivity index (χ3n) is 16.6. The van der Waals surface area contributed by atoms with E-state index in [1.165, 1.54) is 31.4 Å². The van der Waals surface area contributed by atoms with Crippen molar-refractivity contribution in [2.45, 2.75) is 76.0 Å². The van der Waals surface area contributed by atoms with Crippen molar-refractivity contribution in [2.24, 2.45) is 11.3 Å². The Labute approximate surface area is 448 Å². The normalized spacial score (nSPS) is 20.8. The van der Waals surface area contributed by atoms with Crippen molar-refractivity contribution in [1.82, 2.24) is 39.9 Å². The molecule has 4 saturated heterocycles. The van der Waals surface area contributed by atoms with Gasteiger partial charge in [0.15, 0.2) is 5.82 Å². The van der Waals surface area contributed by atoms with Crippen LogP contribution in [0.4, 0.5) is 20.3 Å². The van der Waals surface area contributed by atoms with Gasteiger partial charge in [0.25, 0.3) is 5.91 Å². The van der Waals surface area contributed by atoms with Gasteiger partial charge >= 0.3 is 6.01 Å². The van der Waals surface area contributed by atoms with Crippen LogP contribution in [0.2, 0.25) is 0 Å². The quantitative estimate of drug-likeness (QED) is 0.0625. The number of terminal acetylenes is 1. The molecule has 77 heavy (non-hydrogen) atoms. The van der Waals surface area contributed by atoms with Crippen molar-refractivity contribution in [2.75, 3.05) is 110 Å². The number of methoxy groups -OCH3 is 1. The molecule has 7 heterocycles. The van der Waals surface area contributed by atoms with E-state index >= 15 is 8.78 Å². The van der Waals surface area contributed by atoms with Crippen LogP contribution < -0.4 is 24.6 Å². The number of phenolic OH excluding ortho intramolecular Hbond substituents is 1. The Morgan fingerprint density at radius 1 is 0.922 bits per heavy atom. The lowest BCUT2D eigenvalue weighted by atomic mass is 9.95. The first-order valence-electron chi connectivity index (χ1n) is 26.9. The van der Waals surface area contributed by atoms with Gasteiger partial charge in [-0.3, -0.25) is 9.69 Å². The lowest BCUT2D eigenvalue weighted by molar-refractivity contribution is -0.112. The molecule has 2 N–H and O–H groups in total. The first kappa shape index (κ1) is 53.4. The van der Waals surface area contributed by atoms with Crippen molar-refractivity contribution in [3.8, 4) is 47.3 Å². The molecule has 0 radical (unpaired) electrons. The number of aromatic nitrogens is 3. The molecule has 5 fully saturated rings. The molecule has 11 rings (SSSR count). The topological polar surface area (TPSA) is 184 Å². The Morgan fingerprint density at radius 3 is 2.31 bits per heavy atom. The monoisotopic (exact) mass is 1050 g/mol. The van der Waals surface area contributed by atoms with Crippen LogP contribution in [0.5, 0.6) is 17.6 Å². The summed E-state index contributed by atoms with van der Waals surface area (Å²) in [6.45, 7) is 9.75. The predicted molar refractivity (Wildman–Crippen MR) is 289 cm³/mol. The lowest BCUT2D eigenvalue weighted by Crippen LogP contribution is -2.54. The number of rotatable bonds is 17. The zero-order valence-corrected chi connectivity index (χ0v) is 44.1. The minimum Gasteiger partial charge on any atom is -0.508 e. The zero-order chi connectivity index (χ0) is 54.0. The van der Waals surface area contributed by atoms with E-state index in [0.717, 1.165) is 115 Å². The highest BCUT2D eigenvalue weighted by atomic mass is 19.1. The first-order valence-corrected chi connectivity index (χ1v) is 26.9. The highest BCUT2D eigenvalue weighted by Gasteiger charge is 2.46. The summed E-state index contributed by atoms with van der Waals surface area (Å²) in [5, 5.41) is 24.1. The van der Waals surface area contributed by atoms with Crippen molar-refractivity contribution >= 4 is 51.7 Å². The summed E-state index contributed by atoms with van der Waals surface area (Å²) in [6.07, 6.45) is 13.9. The molecule has 5 aromatic rings. The van der Waals surface area contributed by atoms with Gasteiger partial charge in [-0.1, -0.05) is 12.0 Å². The maximum atomic E-state index is 17.5. The van der Waals surface area contributed by atoms with E-state index in [-0.39, 0.29) is 80.6 Å². The van der Waals surface area contributed by atoms with Crippen molar-refractivity contribution in [3.05, 3.63) is 70.8 Å². The number of hydrogen-bond acceptors (Lipinski definition) is 16. The largest absolute Gasteiger partial charge is 0.508 e. The Hall–Kier alpha value is -7.03. The van der Waals surface area contributed by atoms with Crippen LogP contribution in [0.1, 0.15) is 72.9 Å². The second-order valence-electron chi connectivity index (χ2n) is 21.6. The van der Waals surface area contributed by atoms with Crippen molar-refractivity contribution < 1.29 is 37.7 Å². The van der Waals surface area contributed by atoms with Crippen LogP contribution in [0.15, 0.2) is 42.5 Å². The molecule has 0 spiro atoms. The van der Waals surface area contributed by atoms with E-state index in [0.29, 0.717) is 61.9 Å². The van der Waals surface area contributed by atoms with Crippen LogP contribution in [0.3, 0.4) is 0 Å². The molecule has 2 bridgehead atoms. The van der Waals surface area contributed by atoms with Crippen LogP contribution in [-0.4, -0.2) is 176 Å². The van der Waals surface area contributed by atoms with Crippen LogP contribution in [0.25, 0.3) is 32.9 Å². The van der Waals surface area contributed by atoms with Crippen LogP contribution >= 0.6 is 0 Å². The fraction of sp³-hybridized carbons (Fsp3) is 0.500. The fourth-order valence-electron chi connectivity index (χ4n) is 12.4. The number of aromatic hydroxyl groups is 1. The van der Waals surface area contributed by atoms with Crippen molar-refractivity contribution in [1.29, 1.82) is 5.26 Å². The number of nitriles is 1. The maximum absolute atomic E-state index is 17.5. The van der Waals surface area contributed by atoms with Gasteiger partial charge in [-0.2, -0.15) is 15.2 Å². The van der Waals surface area contributed by atoms with Gasteiger partial charge < -0.3 is 54.0 Å². The Bertz CT molecular complexity index is 3110. The minimum atomic E-state index is -0.825. The molecular formula is C58H67F2N11O6. The predicted octanol–water partition coefficient (Wildman–Crippen LogP) is 6.03. The summed E-state index contributed by atoms with van der Waals surface area (Å²) < 4.78 is 45.2. The molecule has 1 amide bonds. The van der Waals surface area contributed by atoms with Gasteiger partial charge in [-0.15, -0.1) is 6.42 Å². The summed E-state index contributed by atoms with van der Waals surface area (Å²) in [6, 6.07) is 13.4. The molecule has 19 heteroatoms. The minimum absolute atomic E-state index is 0.0173. The summed E-state index contributed by atoms with van der Waals surface area (Å²) in [5.74, 6) is 1.63. The number of phenols is 1. The van der Waals surface area contributed by atoms with Gasteiger partial charge in [0.2, 0.25) is 5.88 Å². The molecular weight excluding hydrogens is 985 g/mol. The third-order valence-corrected chi connectivity index (χ3v) is 16.6. The van der Waals surface area contributed by atoms with Gasteiger partial charge in [-0.05, 0) is 112 Å². The fourth-order valence-corrected chi connectivity index (χ4v) is 12.4. The van der Waals surface area contributed by atoms with Crippen LogP contribution in [0, 0.1) is 46.6 Å². The summed E-state index contributed by atoms with van der Waals surface area (Å²) in [7, 11) is 5.19. The molecule has 1 aliphatic carbocycles. The molecule has 5 aliphatic heterocycles. The number of piperidine rings is 1. The number of pyridine rings is 1. The Kier molecular flexibility index (Phi) is 15.9. The van der Waals surface area contributed by atoms with Gasteiger partial charge in [0.05, 0.1) is 37.9 Å². The Balaban J connectivity index is 0.00000219. The first-order chi connectivity index (χ1) is 37.4. The number of nitrogens with zero attached hydrogens (tertiary/aromatic N) is 10. The number of hydrogen-bond donors (Lipinski definition) is 2. The highest BCUT2D eigenvalue weighted by Crippen LogP contribution is 2.48. The molecule has 6 aliphatic rings. The van der Waals surface area contributed by atoms with Gasteiger partial charge in [0.1, 0.15) is 46.6 Å². The average molecular weight is 1050 g/mol. The van der Waals surface area contributed by atoms with Gasteiger partial charge in [-0.25, -0.2) is 13.8 Å². The Morgan fingerprint density at radius 2 is 1.65 bits per heavy atom. The number of halogens is 2. The highest BCUT2D eigenvalue weighted by molar-refractivity contribution is 6.04. The lowest BCUT2D eigenvalue weighted by Gasteiger charge is -2.40. The second-order valence-corrected chi connectivity index (χ2v) is 21.6. The number of nitrogens with one attached hydrogen (secondary N) is 1. The number of piperazine rings is 2. The maximum Gasteiger partial charge on any atom is 0.319 e. The molecule has 17 nitrogen and oxygen atoms in total. The number of ether oxygens (including phenoxy) is 2. The summed E-state index contributed by atoms with van der Waals surface area (Å²) >= 11 is 0. The average Bonchev–Trinajstić information content (AvgIpc) is 4.15. The van der Waals surface area contributed by atoms with E-state index < -0.39 is 17.7 Å². The molecule has 3 unspecified atom stereocenters. The molecule has 3 aromatic carbocycles. The zero-order valence-electron chi connectivity index (χ0n) is 44.1. The molecule has 2 aromatic heterocycles. The number of carbonyl (C=O) groups is 3. The number of carbonyl (C=O) groups excluding carboxylic acids is 3. The number of anilines is 2. The van der Waals surface area contributed by atoms with E-state index in [1.54, 1.807) is 4.90 Å². The number of benzene rings is 3. The van der Waals surface area contributed by atoms with E-state index in [4.69, 9.17) is 25.9 Å². The number of fused-ring (bicyclic) bond motifs is 5. The smallest absolute Gasteiger partial charge is 0.319 e. The standard InChI is InChI=1S/C56H60F2N10O6.C2H7N/c1-3-43-46(57)11-6-36-26-42(71)27-45(47(36)43)50-49(58)51-48(53(60-50)73-2)52(66-30-39-7-8-40(31-66)67(39)19-16-59)62-55(61-51)74-34-56(14-15-56)33-64-22-20-63(21-23-64)28-35-12-17-65(18-13-35)38-9-10-44-37(25-38)29-68(54(44)72)41(32-70)5-4-24-69;1-3-2/h1,6,9-11,24-27,32,35,39-41,71H,4-5,7-8,12-15,17-23,28-31,33-34H2,2H3;3H,1-2H3. The molecule has 1 saturated carbocycles. The van der Waals surface area contributed by atoms with Gasteiger partial charge in [0, 0.05) is 118 Å². The molecule has 404 valence electrons. The van der Waals surface area contributed by atoms with E-state index in [1.807, 2.05) is 26.2 Å². The summed E-state index contributed by atoms with van der Waals surface area (Å²) in [4.78, 5) is 63.7. The second kappa shape index (κ2) is 22.9. The molecule has 3 atom stereocenters. The van der Waals surface area contributed by atoms with Crippen LogP contribution in [-0.2, 0) is 16.1 Å². The van der Waals surface area contributed by atoms with Crippen molar-refractivity contribution in [3.63, 3.8) is 0 Å².